The van der Waals surface area contributed by atoms with Gasteiger partial charge in [-0.2, -0.15) is 5.10 Å². The Morgan fingerprint density at radius 2 is 2.10 bits per heavy atom. The number of carbonyl (C=O) groups excluding carboxylic acids is 1. The monoisotopic (exact) mass is 287 g/mol. The number of hydrogen-bond donors (Lipinski definition) is 1. The van der Waals surface area contributed by atoms with Crippen molar-refractivity contribution in [3.05, 3.63) is 47.8 Å². The minimum absolute atomic E-state index is 0.0157. The van der Waals surface area contributed by atoms with E-state index in [1.54, 1.807) is 18.0 Å². The molecule has 0 radical (unpaired) electrons. The Bertz CT molecular complexity index is 593. The van der Waals surface area contributed by atoms with Crippen molar-refractivity contribution in [3.63, 3.8) is 0 Å². The summed E-state index contributed by atoms with van der Waals surface area (Å²) < 4.78 is 6.87. The molecular weight excluding hydrogens is 266 g/mol. The summed E-state index contributed by atoms with van der Waals surface area (Å²) >= 11 is 0. The molecule has 2 aromatic rings. The van der Waals surface area contributed by atoms with Crippen molar-refractivity contribution in [2.24, 2.45) is 0 Å². The lowest BCUT2D eigenvalue weighted by Crippen LogP contribution is -2.37. The van der Waals surface area contributed by atoms with Crippen molar-refractivity contribution >= 4 is 5.91 Å². The number of carbonyl (C=O) groups is 1. The molecule has 0 saturated carbocycles. The lowest BCUT2D eigenvalue weighted by molar-refractivity contribution is 0.0894. The maximum absolute atomic E-state index is 12.3. The van der Waals surface area contributed by atoms with Gasteiger partial charge in [0.25, 0.3) is 5.91 Å². The Morgan fingerprint density at radius 3 is 2.71 bits per heavy atom. The van der Waals surface area contributed by atoms with Crippen molar-refractivity contribution in [1.29, 1.82) is 0 Å². The van der Waals surface area contributed by atoms with Crippen LogP contribution in [0.5, 0.6) is 0 Å². The molecule has 1 unspecified atom stereocenters. The van der Waals surface area contributed by atoms with Gasteiger partial charge in [-0.05, 0) is 25.5 Å². The molecule has 1 heterocycles. The second-order valence-corrected chi connectivity index (χ2v) is 4.92. The standard InChI is InChI=1S/C16H21N3O2/c1-4-13(11-21-3)18-16(20)15-10-17-19(12(15)2)14-8-6-5-7-9-14/h5-10,13H,4,11H2,1-3H3,(H,18,20). The Labute approximate surface area is 124 Å². The lowest BCUT2D eigenvalue weighted by Gasteiger charge is -2.15. The van der Waals surface area contributed by atoms with Gasteiger partial charge in [0.05, 0.1) is 35.8 Å². The Balaban J connectivity index is 2.18. The number of para-hydroxylation sites is 1. The van der Waals surface area contributed by atoms with Gasteiger partial charge in [0.15, 0.2) is 0 Å². The molecule has 1 amide bonds. The molecule has 1 N–H and O–H groups in total. The molecule has 112 valence electrons. The van der Waals surface area contributed by atoms with Crippen LogP contribution < -0.4 is 5.32 Å². The van der Waals surface area contributed by atoms with E-state index >= 15 is 0 Å². The minimum atomic E-state index is -0.112. The summed E-state index contributed by atoms with van der Waals surface area (Å²) in [5.41, 5.74) is 2.36. The number of benzene rings is 1. The van der Waals surface area contributed by atoms with Crippen LogP contribution in [0.2, 0.25) is 0 Å². The molecule has 2 rings (SSSR count). The van der Waals surface area contributed by atoms with E-state index in [9.17, 15) is 4.79 Å². The normalized spacial score (nSPS) is 12.1. The van der Waals surface area contributed by atoms with Gasteiger partial charge >= 0.3 is 0 Å². The predicted octanol–water partition coefficient (Wildman–Crippen LogP) is 2.34. The van der Waals surface area contributed by atoms with Crippen LogP contribution in [-0.2, 0) is 4.74 Å². The molecule has 0 saturated heterocycles. The Kier molecular flexibility index (Phi) is 5.11. The fourth-order valence-electron chi connectivity index (χ4n) is 2.19. The van der Waals surface area contributed by atoms with E-state index in [1.807, 2.05) is 44.2 Å². The predicted molar refractivity (Wildman–Crippen MR) is 81.7 cm³/mol. The van der Waals surface area contributed by atoms with Crippen molar-refractivity contribution in [2.75, 3.05) is 13.7 Å². The molecule has 0 spiro atoms. The summed E-state index contributed by atoms with van der Waals surface area (Å²) in [5.74, 6) is -0.112. The third-order valence-electron chi connectivity index (χ3n) is 3.45. The zero-order valence-electron chi connectivity index (χ0n) is 12.7. The average molecular weight is 287 g/mol. The highest BCUT2D eigenvalue weighted by Gasteiger charge is 2.17. The quantitative estimate of drug-likeness (QED) is 0.887. The molecule has 0 aliphatic carbocycles. The van der Waals surface area contributed by atoms with Gasteiger partial charge in [-0.15, -0.1) is 0 Å². The fraction of sp³-hybridized carbons (Fsp3) is 0.375. The number of hydrogen-bond acceptors (Lipinski definition) is 3. The summed E-state index contributed by atoms with van der Waals surface area (Å²) in [6.45, 7) is 4.42. The van der Waals surface area contributed by atoms with Crippen LogP contribution >= 0.6 is 0 Å². The molecule has 5 nitrogen and oxygen atoms in total. The van der Waals surface area contributed by atoms with E-state index in [4.69, 9.17) is 4.74 Å². The largest absolute Gasteiger partial charge is 0.383 e. The van der Waals surface area contributed by atoms with Gasteiger partial charge in [0.1, 0.15) is 0 Å². The lowest BCUT2D eigenvalue weighted by atomic mass is 10.2. The van der Waals surface area contributed by atoms with Crippen LogP contribution in [0.1, 0.15) is 29.4 Å². The van der Waals surface area contributed by atoms with Crippen LogP contribution in [0.3, 0.4) is 0 Å². The molecule has 21 heavy (non-hydrogen) atoms. The molecule has 1 atom stereocenters. The molecule has 0 fully saturated rings. The van der Waals surface area contributed by atoms with E-state index in [0.717, 1.165) is 17.8 Å². The van der Waals surface area contributed by atoms with Crippen LogP contribution in [0.4, 0.5) is 0 Å². The number of nitrogens with one attached hydrogen (secondary N) is 1. The maximum atomic E-state index is 12.3. The fourth-order valence-corrected chi connectivity index (χ4v) is 2.19. The molecule has 1 aromatic carbocycles. The zero-order chi connectivity index (χ0) is 15.2. The van der Waals surface area contributed by atoms with E-state index in [1.165, 1.54) is 0 Å². The third-order valence-corrected chi connectivity index (χ3v) is 3.45. The number of amides is 1. The Hall–Kier alpha value is -2.14. The second kappa shape index (κ2) is 7.04. The van der Waals surface area contributed by atoms with E-state index < -0.39 is 0 Å². The average Bonchev–Trinajstić information content (AvgIpc) is 2.89. The number of ether oxygens (including phenoxy) is 1. The number of rotatable bonds is 6. The van der Waals surface area contributed by atoms with Crippen molar-refractivity contribution in [1.82, 2.24) is 15.1 Å². The second-order valence-electron chi connectivity index (χ2n) is 4.92. The first kappa shape index (κ1) is 15.3. The van der Waals surface area contributed by atoms with Crippen molar-refractivity contribution in [2.45, 2.75) is 26.3 Å². The van der Waals surface area contributed by atoms with Gasteiger partial charge in [0, 0.05) is 7.11 Å². The maximum Gasteiger partial charge on any atom is 0.255 e. The van der Waals surface area contributed by atoms with Crippen molar-refractivity contribution < 1.29 is 9.53 Å². The zero-order valence-corrected chi connectivity index (χ0v) is 12.7. The summed E-state index contributed by atoms with van der Waals surface area (Å²) in [7, 11) is 1.63. The third kappa shape index (κ3) is 3.49. The van der Waals surface area contributed by atoms with Crippen molar-refractivity contribution in [3.8, 4) is 5.69 Å². The highest BCUT2D eigenvalue weighted by atomic mass is 16.5. The van der Waals surface area contributed by atoms with Crippen LogP contribution in [-0.4, -0.2) is 35.4 Å². The number of methoxy groups -OCH3 is 1. The summed E-state index contributed by atoms with van der Waals surface area (Å²) in [5, 5.41) is 7.28. The molecular formula is C16H21N3O2. The molecule has 5 heteroatoms. The highest BCUT2D eigenvalue weighted by Crippen LogP contribution is 2.14. The van der Waals surface area contributed by atoms with Gasteiger partial charge < -0.3 is 10.1 Å². The topological polar surface area (TPSA) is 56.1 Å². The number of nitrogens with zero attached hydrogens (tertiary/aromatic N) is 2. The molecule has 0 aliphatic rings. The number of aromatic nitrogens is 2. The van der Waals surface area contributed by atoms with Crippen LogP contribution in [0, 0.1) is 6.92 Å². The molecule has 0 aliphatic heterocycles. The van der Waals surface area contributed by atoms with Crippen LogP contribution in [0.25, 0.3) is 5.69 Å². The summed E-state index contributed by atoms with van der Waals surface area (Å²) in [4.78, 5) is 12.3. The molecule has 1 aromatic heterocycles. The van der Waals surface area contributed by atoms with E-state index in [-0.39, 0.29) is 11.9 Å². The minimum Gasteiger partial charge on any atom is -0.383 e. The van der Waals surface area contributed by atoms with E-state index in [2.05, 4.69) is 10.4 Å². The molecule has 0 bridgehead atoms. The first-order chi connectivity index (χ1) is 10.2. The smallest absolute Gasteiger partial charge is 0.255 e. The first-order valence-corrected chi connectivity index (χ1v) is 7.07. The van der Waals surface area contributed by atoms with Gasteiger partial charge in [-0.25, -0.2) is 4.68 Å². The Morgan fingerprint density at radius 1 is 1.38 bits per heavy atom. The SMILES string of the molecule is CCC(COC)NC(=O)c1cnn(-c2ccccc2)c1C. The van der Waals surface area contributed by atoms with E-state index in [0.29, 0.717) is 12.2 Å². The summed E-state index contributed by atoms with van der Waals surface area (Å²) in [6.07, 6.45) is 2.43. The summed E-state index contributed by atoms with van der Waals surface area (Å²) in [6, 6.07) is 9.78. The van der Waals surface area contributed by atoms with Gasteiger partial charge in [0.2, 0.25) is 0 Å². The van der Waals surface area contributed by atoms with Gasteiger partial charge in [-0.1, -0.05) is 25.1 Å². The highest BCUT2D eigenvalue weighted by molar-refractivity contribution is 5.95. The van der Waals surface area contributed by atoms with Crippen LogP contribution in [0.15, 0.2) is 36.5 Å². The van der Waals surface area contributed by atoms with Gasteiger partial charge in [-0.3, -0.25) is 4.79 Å². The first-order valence-electron chi connectivity index (χ1n) is 7.07.